The maximum atomic E-state index is 6.10. The Morgan fingerprint density at radius 2 is 1.50 bits per heavy atom. The highest BCUT2D eigenvalue weighted by atomic mass is 16.9. The lowest BCUT2D eigenvalue weighted by molar-refractivity contribution is -0.222. The molecule has 5 nitrogen and oxygen atoms in total. The van der Waals surface area contributed by atoms with Gasteiger partial charge in [-0.05, 0) is 52.0 Å². The van der Waals surface area contributed by atoms with Crippen molar-refractivity contribution in [2.45, 2.75) is 70.0 Å². The van der Waals surface area contributed by atoms with E-state index in [1.807, 2.05) is 64.1 Å². The first kappa shape index (κ1) is 17.7. The number of hydrogen-bond acceptors (Lipinski definition) is 5. The van der Waals surface area contributed by atoms with Crippen LogP contribution in [0.25, 0.3) is 0 Å². The zero-order valence-corrected chi connectivity index (χ0v) is 15.5. The summed E-state index contributed by atoms with van der Waals surface area (Å²) in [5.74, 6) is 4.75. The Hall–Kier alpha value is -1.68. The molecular weight excluding hydrogens is 332 g/mol. The van der Waals surface area contributed by atoms with Gasteiger partial charge in [0.05, 0.1) is 0 Å². The number of ether oxygens (including phenoxy) is 5. The van der Waals surface area contributed by atoms with E-state index in [1.54, 1.807) is 6.08 Å². The minimum Gasteiger partial charge on any atom is -0.342 e. The molecule has 0 spiro atoms. The average Bonchev–Trinajstić information content (AvgIpc) is 3.06. The standard InChI is InChI=1S/C21H24O5/c1-20(2)23-16-15(13-9-8-12-14-10-6-5-7-11-14)22-19-18(17(16)24-20)25-21(3,4)26-19/h5-7,9-11,13,15-19H,1-4H3/b13-9+/t15-,16+,17+,18-,19-/m1/s1. The van der Waals surface area contributed by atoms with Crippen LogP contribution in [0.1, 0.15) is 33.3 Å². The lowest BCUT2D eigenvalue weighted by atomic mass is 9.98. The molecule has 0 amide bonds. The van der Waals surface area contributed by atoms with Crippen LogP contribution in [0, 0.1) is 11.8 Å². The van der Waals surface area contributed by atoms with Gasteiger partial charge in [0, 0.05) is 5.56 Å². The fraction of sp³-hybridized carbons (Fsp3) is 0.524. The van der Waals surface area contributed by atoms with Crippen molar-refractivity contribution in [3.8, 4) is 11.8 Å². The summed E-state index contributed by atoms with van der Waals surface area (Å²) in [6.07, 6.45) is 2.08. The van der Waals surface area contributed by atoms with Gasteiger partial charge >= 0.3 is 0 Å². The molecule has 0 aliphatic carbocycles. The largest absolute Gasteiger partial charge is 0.342 e. The van der Waals surface area contributed by atoms with Crippen molar-refractivity contribution in [2.24, 2.45) is 0 Å². The Balaban J connectivity index is 1.52. The molecule has 0 unspecified atom stereocenters. The molecule has 0 saturated carbocycles. The highest BCUT2D eigenvalue weighted by Crippen LogP contribution is 2.44. The Bertz CT molecular complexity index is 743. The lowest BCUT2D eigenvalue weighted by Gasteiger charge is -2.35. The Kier molecular flexibility index (Phi) is 4.42. The summed E-state index contributed by atoms with van der Waals surface area (Å²) in [6, 6.07) is 9.85. The second-order valence-electron chi connectivity index (χ2n) is 7.63. The van der Waals surface area contributed by atoms with Gasteiger partial charge in [0.25, 0.3) is 0 Å². The topological polar surface area (TPSA) is 46.2 Å². The third-order valence-corrected chi connectivity index (χ3v) is 4.55. The molecule has 26 heavy (non-hydrogen) atoms. The molecular formula is C21H24O5. The van der Waals surface area contributed by atoms with Gasteiger partial charge in [-0.1, -0.05) is 30.0 Å². The molecule has 4 rings (SSSR count). The predicted octanol–water partition coefficient (Wildman–Crippen LogP) is 2.99. The summed E-state index contributed by atoms with van der Waals surface area (Å²) in [5.41, 5.74) is 0.968. The highest BCUT2D eigenvalue weighted by molar-refractivity contribution is 5.36. The molecule has 3 fully saturated rings. The molecule has 1 aromatic carbocycles. The first-order valence-electron chi connectivity index (χ1n) is 8.93. The van der Waals surface area contributed by atoms with E-state index in [2.05, 4.69) is 11.8 Å². The van der Waals surface area contributed by atoms with E-state index in [4.69, 9.17) is 23.7 Å². The predicted molar refractivity (Wildman–Crippen MR) is 95.0 cm³/mol. The van der Waals surface area contributed by atoms with Crippen molar-refractivity contribution in [2.75, 3.05) is 0 Å². The first-order valence-corrected chi connectivity index (χ1v) is 8.93. The Morgan fingerprint density at radius 3 is 2.27 bits per heavy atom. The van der Waals surface area contributed by atoms with Crippen LogP contribution >= 0.6 is 0 Å². The molecule has 3 aliphatic heterocycles. The lowest BCUT2D eigenvalue weighted by Crippen LogP contribution is -2.54. The van der Waals surface area contributed by atoms with Crippen LogP contribution in [0.3, 0.4) is 0 Å². The minimum absolute atomic E-state index is 0.248. The Morgan fingerprint density at radius 1 is 0.846 bits per heavy atom. The fourth-order valence-electron chi connectivity index (χ4n) is 3.59. The number of hydrogen-bond donors (Lipinski definition) is 0. The second-order valence-corrected chi connectivity index (χ2v) is 7.63. The molecule has 0 aromatic heterocycles. The zero-order valence-electron chi connectivity index (χ0n) is 15.5. The van der Waals surface area contributed by atoms with Gasteiger partial charge in [-0.2, -0.15) is 0 Å². The monoisotopic (exact) mass is 356 g/mol. The van der Waals surface area contributed by atoms with Gasteiger partial charge < -0.3 is 23.7 Å². The highest BCUT2D eigenvalue weighted by Gasteiger charge is 2.60. The summed E-state index contributed by atoms with van der Waals surface area (Å²) < 4.78 is 30.1. The summed E-state index contributed by atoms with van der Waals surface area (Å²) in [6.45, 7) is 7.55. The van der Waals surface area contributed by atoms with Gasteiger partial charge in [-0.25, -0.2) is 0 Å². The van der Waals surface area contributed by atoms with E-state index in [0.29, 0.717) is 0 Å². The van der Waals surface area contributed by atoms with Crippen molar-refractivity contribution in [3.63, 3.8) is 0 Å². The van der Waals surface area contributed by atoms with Gasteiger partial charge in [0.1, 0.15) is 24.4 Å². The molecule has 0 N–H and O–H groups in total. The normalized spacial score (nSPS) is 37.0. The summed E-state index contributed by atoms with van der Waals surface area (Å²) in [7, 11) is 0. The van der Waals surface area contributed by atoms with Gasteiger partial charge in [0.15, 0.2) is 17.9 Å². The Labute approximate surface area is 154 Å². The minimum atomic E-state index is -0.707. The summed E-state index contributed by atoms with van der Waals surface area (Å²) in [5, 5.41) is 0. The van der Waals surface area contributed by atoms with Crippen LogP contribution < -0.4 is 0 Å². The van der Waals surface area contributed by atoms with E-state index >= 15 is 0 Å². The fourth-order valence-corrected chi connectivity index (χ4v) is 3.59. The third kappa shape index (κ3) is 3.57. The van der Waals surface area contributed by atoms with E-state index in [1.165, 1.54) is 0 Å². The SMILES string of the molecule is CC1(C)O[C@H]2[C@@H](O1)[C@@H](/C=C/C#Cc1ccccc1)O[C@@H]1OC(C)(C)O[C@@H]12. The maximum Gasteiger partial charge on any atom is 0.190 e. The molecule has 3 heterocycles. The van der Waals surface area contributed by atoms with E-state index in [9.17, 15) is 0 Å². The van der Waals surface area contributed by atoms with Crippen LogP contribution in [0.4, 0.5) is 0 Å². The van der Waals surface area contributed by atoms with Crippen LogP contribution in [-0.2, 0) is 23.7 Å². The van der Waals surface area contributed by atoms with Crippen LogP contribution in [0.15, 0.2) is 42.5 Å². The van der Waals surface area contributed by atoms with Crippen molar-refractivity contribution in [3.05, 3.63) is 48.0 Å². The van der Waals surface area contributed by atoms with Gasteiger partial charge in [-0.15, -0.1) is 0 Å². The van der Waals surface area contributed by atoms with Crippen molar-refractivity contribution in [1.29, 1.82) is 0 Å². The van der Waals surface area contributed by atoms with Gasteiger partial charge in [-0.3, -0.25) is 0 Å². The van der Waals surface area contributed by atoms with E-state index in [0.717, 1.165) is 5.56 Å². The second kappa shape index (κ2) is 6.49. The van der Waals surface area contributed by atoms with E-state index in [-0.39, 0.29) is 24.4 Å². The number of allylic oxidation sites excluding steroid dienone is 1. The van der Waals surface area contributed by atoms with E-state index < -0.39 is 17.9 Å². The van der Waals surface area contributed by atoms with Crippen molar-refractivity contribution in [1.82, 2.24) is 0 Å². The molecule has 3 saturated heterocycles. The molecule has 0 bridgehead atoms. The molecule has 3 aliphatic rings. The number of fused-ring (bicyclic) bond motifs is 3. The van der Waals surface area contributed by atoms with Gasteiger partial charge in [0.2, 0.25) is 0 Å². The number of rotatable bonds is 1. The smallest absolute Gasteiger partial charge is 0.190 e. The summed E-state index contributed by atoms with van der Waals surface area (Å²) >= 11 is 0. The number of benzene rings is 1. The first-order chi connectivity index (χ1) is 12.3. The average molecular weight is 356 g/mol. The van der Waals surface area contributed by atoms with Crippen molar-refractivity contribution < 1.29 is 23.7 Å². The van der Waals surface area contributed by atoms with Crippen LogP contribution in [-0.4, -0.2) is 42.3 Å². The molecule has 0 radical (unpaired) electrons. The molecule has 138 valence electrons. The zero-order chi connectivity index (χ0) is 18.4. The third-order valence-electron chi connectivity index (χ3n) is 4.55. The molecule has 5 atom stereocenters. The van der Waals surface area contributed by atoms with Crippen LogP contribution in [0.2, 0.25) is 0 Å². The van der Waals surface area contributed by atoms with Crippen molar-refractivity contribution >= 4 is 0 Å². The molecule has 5 heteroatoms. The molecule has 1 aromatic rings. The maximum absolute atomic E-state index is 6.10. The van der Waals surface area contributed by atoms with Crippen LogP contribution in [0.5, 0.6) is 0 Å². The summed E-state index contributed by atoms with van der Waals surface area (Å²) in [4.78, 5) is 0. The quantitative estimate of drug-likeness (QED) is 0.724.